The first kappa shape index (κ1) is 17.9. The van der Waals surface area contributed by atoms with Crippen LogP contribution in [-0.2, 0) is 0 Å². The Labute approximate surface area is 115 Å². The molecule has 2 N–H and O–H groups in total. The number of nitrogens with zero attached hydrogens (tertiary/aromatic N) is 1. The van der Waals surface area contributed by atoms with E-state index in [9.17, 15) is 0 Å². The van der Waals surface area contributed by atoms with E-state index in [4.69, 9.17) is 5.73 Å². The third kappa shape index (κ3) is 8.93. The van der Waals surface area contributed by atoms with E-state index in [1.165, 1.54) is 45.2 Å². The van der Waals surface area contributed by atoms with Gasteiger partial charge in [0.15, 0.2) is 0 Å². The van der Waals surface area contributed by atoms with Crippen LogP contribution in [0.2, 0.25) is 0 Å². The van der Waals surface area contributed by atoms with Crippen LogP contribution < -0.4 is 5.73 Å². The topological polar surface area (TPSA) is 29.3 Å². The fourth-order valence-corrected chi connectivity index (χ4v) is 2.21. The van der Waals surface area contributed by atoms with Crippen molar-refractivity contribution in [2.45, 2.75) is 72.8 Å². The Kier molecular flexibility index (Phi) is 10.8. The smallest absolute Gasteiger partial charge is 0.0218 e. The van der Waals surface area contributed by atoms with Gasteiger partial charge in [0.2, 0.25) is 0 Å². The summed E-state index contributed by atoms with van der Waals surface area (Å²) in [6.07, 6.45) is 6.44. The molecule has 0 aliphatic carbocycles. The average molecular weight is 256 g/mol. The highest BCUT2D eigenvalue weighted by molar-refractivity contribution is 4.73. The lowest BCUT2D eigenvalue weighted by Crippen LogP contribution is -2.42. The zero-order chi connectivity index (χ0) is 14.0. The highest BCUT2D eigenvalue weighted by Gasteiger charge is 2.16. The summed E-state index contributed by atoms with van der Waals surface area (Å²) in [4.78, 5) is 2.65. The van der Waals surface area contributed by atoms with Crippen molar-refractivity contribution >= 4 is 0 Å². The quantitative estimate of drug-likeness (QED) is 0.607. The molecule has 0 heterocycles. The van der Waals surface area contributed by atoms with Crippen LogP contribution in [0.25, 0.3) is 0 Å². The van der Waals surface area contributed by atoms with Crippen molar-refractivity contribution in [1.29, 1.82) is 0 Å². The minimum absolute atomic E-state index is 0.599. The van der Waals surface area contributed by atoms with Crippen molar-refractivity contribution in [2.24, 2.45) is 17.6 Å². The van der Waals surface area contributed by atoms with Gasteiger partial charge in [-0.2, -0.15) is 0 Å². The Bertz CT molecular complexity index is 166. The van der Waals surface area contributed by atoms with Crippen LogP contribution in [0.4, 0.5) is 0 Å². The number of unbranched alkanes of at least 4 members (excludes halogenated alkanes) is 1. The molecule has 0 saturated carbocycles. The second-order valence-corrected chi connectivity index (χ2v) is 6.43. The van der Waals surface area contributed by atoms with E-state index >= 15 is 0 Å². The Morgan fingerprint density at radius 2 is 1.39 bits per heavy atom. The zero-order valence-electron chi connectivity index (χ0n) is 13.4. The summed E-state index contributed by atoms with van der Waals surface area (Å²) < 4.78 is 0. The molecular weight excluding hydrogens is 220 g/mol. The van der Waals surface area contributed by atoms with E-state index < -0.39 is 0 Å². The van der Waals surface area contributed by atoms with Gasteiger partial charge in [-0.1, -0.05) is 47.5 Å². The molecule has 0 rings (SSSR count). The van der Waals surface area contributed by atoms with Crippen molar-refractivity contribution in [2.75, 3.05) is 19.6 Å². The molecule has 2 heteroatoms. The SMILES string of the molecule is CCCCC(CN)N(CCC(C)C)CCC(C)C. The minimum Gasteiger partial charge on any atom is -0.329 e. The molecule has 0 spiro atoms. The van der Waals surface area contributed by atoms with Gasteiger partial charge in [-0.05, 0) is 44.2 Å². The molecule has 0 aliphatic rings. The third-order valence-corrected chi connectivity index (χ3v) is 3.67. The Morgan fingerprint density at radius 3 is 1.72 bits per heavy atom. The summed E-state index contributed by atoms with van der Waals surface area (Å²) in [5, 5.41) is 0. The summed E-state index contributed by atoms with van der Waals surface area (Å²) in [7, 11) is 0. The normalized spacial score (nSPS) is 13.8. The summed E-state index contributed by atoms with van der Waals surface area (Å²) in [5.74, 6) is 1.58. The van der Waals surface area contributed by atoms with Gasteiger partial charge < -0.3 is 5.73 Å². The molecule has 1 unspecified atom stereocenters. The molecule has 1 atom stereocenters. The van der Waals surface area contributed by atoms with E-state index in [1.54, 1.807) is 0 Å². The first-order valence-electron chi connectivity index (χ1n) is 7.95. The first-order valence-corrected chi connectivity index (χ1v) is 7.95. The summed E-state index contributed by atoms with van der Waals surface area (Å²) in [5.41, 5.74) is 5.99. The fourth-order valence-electron chi connectivity index (χ4n) is 2.21. The molecular formula is C16H36N2. The van der Waals surface area contributed by atoms with Gasteiger partial charge >= 0.3 is 0 Å². The van der Waals surface area contributed by atoms with Crippen LogP contribution in [0.3, 0.4) is 0 Å². The van der Waals surface area contributed by atoms with Crippen LogP contribution in [0, 0.1) is 11.8 Å². The third-order valence-electron chi connectivity index (χ3n) is 3.67. The average Bonchev–Trinajstić information content (AvgIpc) is 2.31. The van der Waals surface area contributed by atoms with Crippen LogP contribution in [0.15, 0.2) is 0 Å². The zero-order valence-corrected chi connectivity index (χ0v) is 13.4. The highest BCUT2D eigenvalue weighted by atomic mass is 15.2. The van der Waals surface area contributed by atoms with Gasteiger partial charge in [0.1, 0.15) is 0 Å². The van der Waals surface area contributed by atoms with Gasteiger partial charge in [0.25, 0.3) is 0 Å². The van der Waals surface area contributed by atoms with E-state index in [0.29, 0.717) is 6.04 Å². The molecule has 0 fully saturated rings. The van der Waals surface area contributed by atoms with Crippen molar-refractivity contribution < 1.29 is 0 Å². The van der Waals surface area contributed by atoms with Gasteiger partial charge in [0, 0.05) is 12.6 Å². The van der Waals surface area contributed by atoms with Crippen LogP contribution in [0.1, 0.15) is 66.7 Å². The number of hydrogen-bond donors (Lipinski definition) is 1. The summed E-state index contributed by atoms with van der Waals surface area (Å²) in [6.45, 7) is 14.8. The van der Waals surface area contributed by atoms with Crippen molar-refractivity contribution in [3.63, 3.8) is 0 Å². The molecule has 18 heavy (non-hydrogen) atoms. The first-order chi connectivity index (χ1) is 8.51. The van der Waals surface area contributed by atoms with Crippen molar-refractivity contribution in [3.05, 3.63) is 0 Å². The molecule has 0 bridgehead atoms. The second kappa shape index (κ2) is 10.8. The maximum Gasteiger partial charge on any atom is 0.0218 e. The molecule has 110 valence electrons. The predicted molar refractivity (Wildman–Crippen MR) is 82.9 cm³/mol. The standard InChI is InChI=1S/C16H36N2/c1-6-7-8-16(13-17)18(11-9-14(2)3)12-10-15(4)5/h14-16H,6-13,17H2,1-5H3. The largest absolute Gasteiger partial charge is 0.329 e. The molecule has 0 aromatic heterocycles. The number of hydrogen-bond acceptors (Lipinski definition) is 2. The lowest BCUT2D eigenvalue weighted by atomic mass is 10.0. The van der Waals surface area contributed by atoms with Crippen molar-refractivity contribution in [1.82, 2.24) is 4.90 Å². The van der Waals surface area contributed by atoms with Crippen molar-refractivity contribution in [3.8, 4) is 0 Å². The molecule has 0 amide bonds. The van der Waals surface area contributed by atoms with E-state index in [2.05, 4.69) is 39.5 Å². The van der Waals surface area contributed by atoms with E-state index in [1.807, 2.05) is 0 Å². The Hall–Kier alpha value is -0.0800. The molecule has 2 nitrogen and oxygen atoms in total. The summed E-state index contributed by atoms with van der Waals surface area (Å²) >= 11 is 0. The Balaban J connectivity index is 4.28. The predicted octanol–water partition coefficient (Wildman–Crippen LogP) is 3.90. The van der Waals surface area contributed by atoms with E-state index in [0.717, 1.165) is 18.4 Å². The van der Waals surface area contributed by atoms with Crippen LogP contribution in [-0.4, -0.2) is 30.6 Å². The molecule has 0 aromatic carbocycles. The van der Waals surface area contributed by atoms with Gasteiger partial charge in [0.05, 0.1) is 0 Å². The minimum atomic E-state index is 0.599. The van der Waals surface area contributed by atoms with Gasteiger partial charge in [-0.15, -0.1) is 0 Å². The monoisotopic (exact) mass is 256 g/mol. The molecule has 0 saturated heterocycles. The summed E-state index contributed by atoms with van der Waals surface area (Å²) in [6, 6.07) is 0.599. The number of nitrogens with two attached hydrogens (primary N) is 1. The van der Waals surface area contributed by atoms with E-state index in [-0.39, 0.29) is 0 Å². The van der Waals surface area contributed by atoms with Crippen LogP contribution in [0.5, 0.6) is 0 Å². The molecule has 0 aromatic rings. The highest BCUT2D eigenvalue weighted by Crippen LogP contribution is 2.13. The lowest BCUT2D eigenvalue weighted by Gasteiger charge is -2.32. The van der Waals surface area contributed by atoms with Crippen LogP contribution >= 0.6 is 0 Å². The van der Waals surface area contributed by atoms with Gasteiger partial charge in [-0.3, -0.25) is 4.90 Å². The maximum atomic E-state index is 5.99. The lowest BCUT2D eigenvalue weighted by molar-refractivity contribution is 0.170. The fraction of sp³-hybridized carbons (Fsp3) is 1.00. The molecule has 0 aliphatic heterocycles. The molecule has 0 radical (unpaired) electrons. The second-order valence-electron chi connectivity index (χ2n) is 6.43. The van der Waals surface area contributed by atoms with Gasteiger partial charge in [-0.25, -0.2) is 0 Å². The maximum absolute atomic E-state index is 5.99. The Morgan fingerprint density at radius 1 is 0.889 bits per heavy atom. The number of rotatable bonds is 11.